The highest BCUT2D eigenvalue weighted by molar-refractivity contribution is 7.89. The Morgan fingerprint density at radius 3 is 2.80 bits per heavy atom. The lowest BCUT2D eigenvalue weighted by molar-refractivity contribution is 0.581. The number of aryl methyl sites for hydroxylation is 1. The van der Waals surface area contributed by atoms with Crippen LogP contribution in [0.2, 0.25) is 5.02 Å². The zero-order valence-electron chi connectivity index (χ0n) is 10.8. The van der Waals surface area contributed by atoms with Crippen LogP contribution in [-0.4, -0.2) is 19.9 Å². The third-order valence-corrected chi connectivity index (χ3v) is 5.48. The van der Waals surface area contributed by atoms with Crippen molar-refractivity contribution in [3.63, 3.8) is 0 Å². The van der Waals surface area contributed by atoms with Crippen LogP contribution in [0.3, 0.4) is 0 Å². The molecule has 8 heteroatoms. The molecule has 0 bridgehead atoms. The van der Waals surface area contributed by atoms with Crippen LogP contribution in [0.1, 0.15) is 10.6 Å². The van der Waals surface area contributed by atoms with Crippen LogP contribution in [0.4, 0.5) is 5.69 Å². The standard InChI is InChI=1S/C12H14ClN3O2S2/c1-8-6-9(7-10(14)12(8)13)20(17,18)16-3-2-11-15-4-5-19-11/h4-7,16H,2-3,14H2,1H3. The first-order chi connectivity index (χ1) is 9.40. The van der Waals surface area contributed by atoms with Crippen molar-refractivity contribution < 1.29 is 8.42 Å². The van der Waals surface area contributed by atoms with Gasteiger partial charge in [-0.3, -0.25) is 0 Å². The topological polar surface area (TPSA) is 85.1 Å². The molecule has 0 aliphatic carbocycles. The molecule has 1 aromatic carbocycles. The predicted molar refractivity (Wildman–Crippen MR) is 81.6 cm³/mol. The van der Waals surface area contributed by atoms with Crippen LogP contribution >= 0.6 is 22.9 Å². The highest BCUT2D eigenvalue weighted by Gasteiger charge is 2.16. The molecule has 0 saturated carbocycles. The molecule has 0 saturated heterocycles. The Morgan fingerprint density at radius 2 is 2.20 bits per heavy atom. The van der Waals surface area contributed by atoms with Gasteiger partial charge in [-0.15, -0.1) is 11.3 Å². The molecule has 1 aromatic heterocycles. The third-order valence-electron chi connectivity index (χ3n) is 2.68. The summed E-state index contributed by atoms with van der Waals surface area (Å²) in [7, 11) is -3.59. The van der Waals surface area contributed by atoms with Gasteiger partial charge in [0.2, 0.25) is 10.0 Å². The first-order valence-corrected chi connectivity index (χ1v) is 8.58. The highest BCUT2D eigenvalue weighted by Crippen LogP contribution is 2.26. The van der Waals surface area contributed by atoms with E-state index in [-0.39, 0.29) is 17.1 Å². The number of nitrogen functional groups attached to an aromatic ring is 1. The van der Waals surface area contributed by atoms with E-state index in [0.29, 0.717) is 17.0 Å². The number of sulfonamides is 1. The number of hydrogen-bond donors (Lipinski definition) is 2. The highest BCUT2D eigenvalue weighted by atomic mass is 35.5. The van der Waals surface area contributed by atoms with Gasteiger partial charge in [0.05, 0.1) is 20.6 Å². The molecule has 0 aliphatic heterocycles. The summed E-state index contributed by atoms with van der Waals surface area (Å²) in [6.07, 6.45) is 2.25. The van der Waals surface area contributed by atoms with Crippen molar-refractivity contribution in [2.24, 2.45) is 0 Å². The molecule has 0 amide bonds. The van der Waals surface area contributed by atoms with Gasteiger partial charge in [-0.1, -0.05) is 11.6 Å². The maximum atomic E-state index is 12.1. The largest absolute Gasteiger partial charge is 0.397 e. The number of thiazole rings is 1. The minimum atomic E-state index is -3.59. The van der Waals surface area contributed by atoms with E-state index in [1.165, 1.54) is 23.5 Å². The van der Waals surface area contributed by atoms with Crippen molar-refractivity contribution in [1.29, 1.82) is 0 Å². The second-order valence-corrected chi connectivity index (χ2v) is 7.34. The summed E-state index contributed by atoms with van der Waals surface area (Å²) >= 11 is 7.42. The van der Waals surface area contributed by atoms with Gasteiger partial charge >= 0.3 is 0 Å². The third kappa shape index (κ3) is 3.49. The van der Waals surface area contributed by atoms with Gasteiger partial charge in [0.1, 0.15) is 0 Å². The maximum absolute atomic E-state index is 12.1. The van der Waals surface area contributed by atoms with E-state index < -0.39 is 10.0 Å². The minimum Gasteiger partial charge on any atom is -0.397 e. The molecule has 5 nitrogen and oxygen atoms in total. The summed E-state index contributed by atoms with van der Waals surface area (Å²) in [6, 6.07) is 2.87. The molecular weight excluding hydrogens is 318 g/mol. The average Bonchev–Trinajstić information content (AvgIpc) is 2.88. The van der Waals surface area contributed by atoms with Crippen LogP contribution in [0.25, 0.3) is 0 Å². The number of rotatable bonds is 5. The SMILES string of the molecule is Cc1cc(S(=O)(=O)NCCc2nccs2)cc(N)c1Cl. The Bertz CT molecular complexity index is 676. The van der Waals surface area contributed by atoms with Crippen LogP contribution in [0, 0.1) is 6.92 Å². The minimum absolute atomic E-state index is 0.121. The molecule has 0 radical (unpaired) electrons. The van der Waals surface area contributed by atoms with Gasteiger partial charge in [-0.05, 0) is 24.6 Å². The van der Waals surface area contributed by atoms with Crippen molar-refractivity contribution in [2.45, 2.75) is 18.2 Å². The molecule has 3 N–H and O–H groups in total. The Labute approximate surface area is 126 Å². The normalized spacial score (nSPS) is 11.7. The van der Waals surface area contributed by atoms with Crippen LogP contribution < -0.4 is 10.5 Å². The predicted octanol–water partition coefficient (Wildman–Crippen LogP) is 2.21. The van der Waals surface area contributed by atoms with Crippen molar-refractivity contribution in [3.05, 3.63) is 39.3 Å². The van der Waals surface area contributed by atoms with E-state index in [4.69, 9.17) is 17.3 Å². The maximum Gasteiger partial charge on any atom is 0.240 e. The zero-order valence-corrected chi connectivity index (χ0v) is 13.1. The van der Waals surface area contributed by atoms with Crippen LogP contribution in [0.5, 0.6) is 0 Å². The summed E-state index contributed by atoms with van der Waals surface area (Å²) in [5.74, 6) is 0. The van der Waals surface area contributed by atoms with Crippen LogP contribution in [0.15, 0.2) is 28.6 Å². The number of nitrogens with two attached hydrogens (primary N) is 1. The fraction of sp³-hybridized carbons (Fsp3) is 0.250. The fourth-order valence-electron chi connectivity index (χ4n) is 1.67. The Hall–Kier alpha value is -1.15. The molecule has 2 aromatic rings. The molecule has 1 heterocycles. The lowest BCUT2D eigenvalue weighted by Crippen LogP contribution is -2.26. The monoisotopic (exact) mass is 331 g/mol. The van der Waals surface area contributed by atoms with E-state index in [1.807, 2.05) is 5.38 Å². The van der Waals surface area contributed by atoms with E-state index in [2.05, 4.69) is 9.71 Å². The van der Waals surface area contributed by atoms with E-state index >= 15 is 0 Å². The quantitative estimate of drug-likeness (QED) is 0.822. The zero-order chi connectivity index (χ0) is 14.8. The van der Waals surface area contributed by atoms with Gasteiger partial charge in [0.15, 0.2) is 0 Å². The Morgan fingerprint density at radius 1 is 1.45 bits per heavy atom. The fourth-order valence-corrected chi connectivity index (χ4v) is 3.55. The second kappa shape index (κ2) is 6.09. The van der Waals surface area contributed by atoms with Crippen molar-refractivity contribution in [2.75, 3.05) is 12.3 Å². The van der Waals surface area contributed by atoms with Crippen molar-refractivity contribution in [1.82, 2.24) is 9.71 Å². The molecular formula is C12H14ClN3O2S2. The number of nitrogens with one attached hydrogen (secondary N) is 1. The summed E-state index contributed by atoms with van der Waals surface area (Å²) in [5, 5.41) is 3.12. The number of benzene rings is 1. The lowest BCUT2D eigenvalue weighted by atomic mass is 10.2. The first kappa shape index (κ1) is 15.2. The van der Waals surface area contributed by atoms with E-state index in [9.17, 15) is 8.42 Å². The van der Waals surface area contributed by atoms with Gasteiger partial charge in [-0.25, -0.2) is 18.1 Å². The van der Waals surface area contributed by atoms with Crippen molar-refractivity contribution >= 4 is 38.6 Å². The van der Waals surface area contributed by atoms with E-state index in [0.717, 1.165) is 5.01 Å². The van der Waals surface area contributed by atoms with Crippen LogP contribution in [-0.2, 0) is 16.4 Å². The number of anilines is 1. The van der Waals surface area contributed by atoms with Crippen molar-refractivity contribution in [3.8, 4) is 0 Å². The number of nitrogens with zero attached hydrogens (tertiary/aromatic N) is 1. The lowest BCUT2D eigenvalue weighted by Gasteiger charge is -2.09. The summed E-state index contributed by atoms with van der Waals surface area (Å²) in [5.41, 5.74) is 6.58. The Balaban J connectivity index is 2.10. The number of aromatic nitrogens is 1. The molecule has 0 fully saturated rings. The summed E-state index contributed by atoms with van der Waals surface area (Å²) in [6.45, 7) is 2.00. The first-order valence-electron chi connectivity index (χ1n) is 5.84. The molecule has 0 spiro atoms. The summed E-state index contributed by atoms with van der Waals surface area (Å²) < 4.78 is 26.8. The molecule has 20 heavy (non-hydrogen) atoms. The number of hydrogen-bond acceptors (Lipinski definition) is 5. The smallest absolute Gasteiger partial charge is 0.240 e. The molecule has 108 valence electrons. The second-order valence-electron chi connectivity index (χ2n) is 4.22. The molecule has 2 rings (SSSR count). The molecule has 0 atom stereocenters. The van der Waals surface area contributed by atoms with Gasteiger partial charge in [0.25, 0.3) is 0 Å². The van der Waals surface area contributed by atoms with E-state index in [1.54, 1.807) is 13.1 Å². The molecule has 0 aliphatic rings. The summed E-state index contributed by atoms with van der Waals surface area (Å²) in [4.78, 5) is 4.22. The van der Waals surface area contributed by atoms with Gasteiger partial charge in [-0.2, -0.15) is 0 Å². The van der Waals surface area contributed by atoms with Gasteiger partial charge < -0.3 is 5.73 Å². The van der Waals surface area contributed by atoms with Gasteiger partial charge in [0, 0.05) is 24.5 Å². The Kier molecular flexibility index (Phi) is 4.64. The molecule has 0 unspecified atom stereocenters. The average molecular weight is 332 g/mol. The number of halogens is 1.